The first-order chi connectivity index (χ1) is 8.29. The number of hydrogen-bond donors (Lipinski definition) is 1. The summed E-state index contributed by atoms with van der Waals surface area (Å²) in [6, 6.07) is 12.1. The van der Waals surface area contributed by atoms with Crippen LogP contribution in [0.15, 0.2) is 47.1 Å². The first-order valence-electron chi connectivity index (χ1n) is 5.81. The highest BCUT2D eigenvalue weighted by Crippen LogP contribution is 2.18. The normalized spacial score (nSPS) is 12.6. The highest BCUT2D eigenvalue weighted by molar-refractivity contribution is 6.30. The minimum absolute atomic E-state index is 0.254. The molecule has 1 atom stereocenters. The number of hydrogen-bond acceptors (Lipinski definition) is 2. The Morgan fingerprint density at radius 1 is 1.29 bits per heavy atom. The third kappa shape index (κ3) is 3.35. The molecule has 0 aliphatic heterocycles. The molecule has 17 heavy (non-hydrogen) atoms. The van der Waals surface area contributed by atoms with Crippen molar-refractivity contribution in [2.24, 2.45) is 0 Å². The fourth-order valence-corrected chi connectivity index (χ4v) is 2.04. The van der Waals surface area contributed by atoms with Crippen LogP contribution in [0.3, 0.4) is 0 Å². The molecule has 2 aromatic rings. The Labute approximate surface area is 107 Å². The van der Waals surface area contributed by atoms with Crippen molar-refractivity contribution in [1.82, 2.24) is 5.32 Å². The van der Waals surface area contributed by atoms with Crippen molar-refractivity contribution in [2.45, 2.75) is 25.9 Å². The quantitative estimate of drug-likeness (QED) is 0.860. The fourth-order valence-electron chi connectivity index (χ4n) is 1.82. The number of halogens is 1. The monoisotopic (exact) mass is 249 g/mol. The second kappa shape index (κ2) is 5.89. The van der Waals surface area contributed by atoms with Gasteiger partial charge in [-0.1, -0.05) is 30.7 Å². The van der Waals surface area contributed by atoms with Crippen molar-refractivity contribution in [3.8, 4) is 0 Å². The lowest BCUT2D eigenvalue weighted by molar-refractivity contribution is 0.403. The number of nitrogens with one attached hydrogen (secondary N) is 1. The fraction of sp³-hybridized carbons (Fsp3) is 0.286. The Hall–Kier alpha value is -1.25. The maximum Gasteiger partial charge on any atom is 0.120 e. The van der Waals surface area contributed by atoms with Crippen LogP contribution in [0.2, 0.25) is 5.02 Å². The van der Waals surface area contributed by atoms with E-state index in [-0.39, 0.29) is 6.04 Å². The molecule has 1 unspecified atom stereocenters. The highest BCUT2D eigenvalue weighted by Gasteiger charge is 2.10. The average Bonchev–Trinajstić information content (AvgIpc) is 2.84. The van der Waals surface area contributed by atoms with E-state index in [2.05, 4.69) is 18.3 Å². The lowest BCUT2D eigenvalue weighted by atomic mass is 10.1. The van der Waals surface area contributed by atoms with Crippen LogP contribution in [0.1, 0.15) is 30.7 Å². The summed E-state index contributed by atoms with van der Waals surface area (Å²) in [5.74, 6) is 0.981. The van der Waals surface area contributed by atoms with Gasteiger partial charge < -0.3 is 9.73 Å². The van der Waals surface area contributed by atoms with Crippen molar-refractivity contribution >= 4 is 11.6 Å². The minimum Gasteiger partial charge on any atom is -0.468 e. The molecular formula is C14H16ClNO. The summed E-state index contributed by atoms with van der Waals surface area (Å²) in [5, 5.41) is 4.24. The Morgan fingerprint density at radius 3 is 2.82 bits per heavy atom. The predicted octanol–water partition coefficient (Wildman–Crippen LogP) is 4.17. The molecule has 1 aromatic carbocycles. The van der Waals surface area contributed by atoms with Gasteiger partial charge in [0, 0.05) is 11.6 Å². The molecule has 0 fully saturated rings. The van der Waals surface area contributed by atoms with Gasteiger partial charge in [0.25, 0.3) is 0 Å². The van der Waals surface area contributed by atoms with Gasteiger partial charge in [0.1, 0.15) is 5.76 Å². The van der Waals surface area contributed by atoms with E-state index >= 15 is 0 Å². The van der Waals surface area contributed by atoms with E-state index in [1.165, 1.54) is 5.56 Å². The first-order valence-corrected chi connectivity index (χ1v) is 6.18. The summed E-state index contributed by atoms with van der Waals surface area (Å²) in [7, 11) is 0. The average molecular weight is 250 g/mol. The highest BCUT2D eigenvalue weighted by atomic mass is 35.5. The van der Waals surface area contributed by atoms with Gasteiger partial charge in [-0.3, -0.25) is 0 Å². The lowest BCUT2D eigenvalue weighted by Gasteiger charge is -2.14. The SMILES string of the molecule is CCC(NCc1cccc(Cl)c1)c1ccco1. The minimum atomic E-state index is 0.254. The Morgan fingerprint density at radius 2 is 2.18 bits per heavy atom. The van der Waals surface area contributed by atoms with E-state index in [1.807, 2.05) is 30.3 Å². The molecule has 2 rings (SSSR count). The molecule has 3 heteroatoms. The van der Waals surface area contributed by atoms with Crippen molar-refractivity contribution in [1.29, 1.82) is 0 Å². The predicted molar refractivity (Wildman–Crippen MR) is 70.0 cm³/mol. The second-order valence-electron chi connectivity index (χ2n) is 3.99. The molecular weight excluding hydrogens is 234 g/mol. The topological polar surface area (TPSA) is 25.2 Å². The zero-order chi connectivity index (χ0) is 12.1. The van der Waals surface area contributed by atoms with E-state index in [9.17, 15) is 0 Å². The van der Waals surface area contributed by atoms with Crippen LogP contribution in [0.4, 0.5) is 0 Å². The van der Waals surface area contributed by atoms with Crippen LogP contribution >= 0.6 is 11.6 Å². The van der Waals surface area contributed by atoms with Crippen LogP contribution in [0.25, 0.3) is 0 Å². The molecule has 2 nitrogen and oxygen atoms in total. The summed E-state index contributed by atoms with van der Waals surface area (Å²) in [5.41, 5.74) is 1.18. The molecule has 0 spiro atoms. The molecule has 0 aliphatic rings. The summed E-state index contributed by atoms with van der Waals surface area (Å²) < 4.78 is 5.41. The van der Waals surface area contributed by atoms with Gasteiger partial charge in [-0.05, 0) is 36.2 Å². The van der Waals surface area contributed by atoms with E-state index in [1.54, 1.807) is 6.26 Å². The summed E-state index contributed by atoms with van der Waals surface area (Å²) in [4.78, 5) is 0. The van der Waals surface area contributed by atoms with Crippen molar-refractivity contribution in [3.63, 3.8) is 0 Å². The van der Waals surface area contributed by atoms with Gasteiger partial charge in [-0.25, -0.2) is 0 Å². The van der Waals surface area contributed by atoms with Gasteiger partial charge in [0.05, 0.1) is 12.3 Å². The molecule has 90 valence electrons. The maximum absolute atomic E-state index is 5.95. The van der Waals surface area contributed by atoms with Crippen molar-refractivity contribution in [2.75, 3.05) is 0 Å². The summed E-state index contributed by atoms with van der Waals surface area (Å²) in [6.45, 7) is 2.93. The van der Waals surface area contributed by atoms with Gasteiger partial charge in [-0.15, -0.1) is 0 Å². The van der Waals surface area contributed by atoms with Crippen LogP contribution in [-0.2, 0) is 6.54 Å². The van der Waals surface area contributed by atoms with Gasteiger partial charge in [0.2, 0.25) is 0 Å². The molecule has 1 heterocycles. The van der Waals surface area contributed by atoms with Crippen molar-refractivity contribution in [3.05, 3.63) is 59.0 Å². The van der Waals surface area contributed by atoms with E-state index in [0.717, 1.165) is 23.7 Å². The standard InChI is InChI=1S/C14H16ClNO/c1-2-13(14-7-4-8-17-14)16-10-11-5-3-6-12(15)9-11/h3-9,13,16H,2,10H2,1H3. The molecule has 0 radical (unpaired) electrons. The van der Waals surface area contributed by atoms with E-state index < -0.39 is 0 Å². The molecule has 0 saturated heterocycles. The number of benzene rings is 1. The lowest BCUT2D eigenvalue weighted by Crippen LogP contribution is -2.19. The van der Waals surface area contributed by atoms with Crippen LogP contribution in [-0.4, -0.2) is 0 Å². The smallest absolute Gasteiger partial charge is 0.120 e. The summed E-state index contributed by atoms with van der Waals surface area (Å²) in [6.07, 6.45) is 2.70. The van der Waals surface area contributed by atoms with Crippen molar-refractivity contribution < 1.29 is 4.42 Å². The molecule has 0 bridgehead atoms. The van der Waals surface area contributed by atoms with E-state index in [0.29, 0.717) is 0 Å². The number of furan rings is 1. The second-order valence-corrected chi connectivity index (χ2v) is 4.42. The third-order valence-corrected chi connectivity index (χ3v) is 2.97. The van der Waals surface area contributed by atoms with Gasteiger partial charge in [-0.2, -0.15) is 0 Å². The molecule has 1 N–H and O–H groups in total. The van der Waals surface area contributed by atoms with Crippen LogP contribution < -0.4 is 5.32 Å². The Balaban J connectivity index is 1.97. The zero-order valence-electron chi connectivity index (χ0n) is 9.82. The van der Waals surface area contributed by atoms with Gasteiger partial charge in [0.15, 0.2) is 0 Å². The van der Waals surface area contributed by atoms with Gasteiger partial charge >= 0.3 is 0 Å². The summed E-state index contributed by atoms with van der Waals surface area (Å²) >= 11 is 5.95. The largest absolute Gasteiger partial charge is 0.468 e. The molecule has 0 amide bonds. The van der Waals surface area contributed by atoms with E-state index in [4.69, 9.17) is 16.0 Å². The Bertz CT molecular complexity index is 453. The third-order valence-electron chi connectivity index (χ3n) is 2.74. The first kappa shape index (κ1) is 12.2. The molecule has 0 saturated carbocycles. The Kier molecular flexibility index (Phi) is 4.24. The zero-order valence-corrected chi connectivity index (χ0v) is 10.6. The van der Waals surface area contributed by atoms with Crippen LogP contribution in [0.5, 0.6) is 0 Å². The number of rotatable bonds is 5. The molecule has 0 aliphatic carbocycles. The van der Waals surface area contributed by atoms with Crippen LogP contribution in [0, 0.1) is 0 Å². The molecule has 1 aromatic heterocycles. The maximum atomic E-state index is 5.95.